The first-order chi connectivity index (χ1) is 8.87. The standard InChI is InChI=1S/C17H25ClO/c1-12-4-5-14(15(18)10-12)11-16(19)13-6-8-17(2,3)9-7-13/h4-5,10,13,16,19H,6-9,11H2,1-3H3. The third-order valence-corrected chi connectivity index (χ3v) is 4.92. The highest BCUT2D eigenvalue weighted by Crippen LogP contribution is 2.39. The first-order valence-electron chi connectivity index (χ1n) is 7.30. The molecule has 2 heteroatoms. The van der Waals surface area contributed by atoms with Gasteiger partial charge >= 0.3 is 0 Å². The average Bonchev–Trinajstić information content (AvgIpc) is 2.32. The minimum atomic E-state index is -0.253. The summed E-state index contributed by atoms with van der Waals surface area (Å²) in [5.41, 5.74) is 2.70. The lowest BCUT2D eigenvalue weighted by molar-refractivity contribution is 0.0576. The van der Waals surface area contributed by atoms with E-state index in [1.165, 1.54) is 18.4 Å². The smallest absolute Gasteiger partial charge is 0.0609 e. The molecule has 1 unspecified atom stereocenters. The van der Waals surface area contributed by atoms with Crippen LogP contribution < -0.4 is 0 Å². The molecule has 1 nitrogen and oxygen atoms in total. The number of rotatable bonds is 3. The van der Waals surface area contributed by atoms with Gasteiger partial charge in [0, 0.05) is 11.4 Å². The Morgan fingerprint density at radius 3 is 2.53 bits per heavy atom. The molecule has 2 rings (SSSR count). The van der Waals surface area contributed by atoms with Crippen molar-refractivity contribution in [3.63, 3.8) is 0 Å². The summed E-state index contributed by atoms with van der Waals surface area (Å²) in [7, 11) is 0. The number of halogens is 1. The van der Waals surface area contributed by atoms with Crippen LogP contribution in [0.25, 0.3) is 0 Å². The van der Waals surface area contributed by atoms with Crippen molar-refractivity contribution in [1.29, 1.82) is 0 Å². The van der Waals surface area contributed by atoms with Crippen molar-refractivity contribution in [2.45, 2.75) is 59.0 Å². The second-order valence-electron chi connectivity index (χ2n) is 6.87. The maximum Gasteiger partial charge on any atom is 0.0609 e. The van der Waals surface area contributed by atoms with Gasteiger partial charge in [0.05, 0.1) is 6.10 Å². The number of aryl methyl sites for hydroxylation is 1. The maximum atomic E-state index is 10.4. The SMILES string of the molecule is Cc1ccc(CC(O)C2CCC(C)(C)CC2)c(Cl)c1. The summed E-state index contributed by atoms with van der Waals surface area (Å²) in [6, 6.07) is 6.10. The summed E-state index contributed by atoms with van der Waals surface area (Å²) < 4.78 is 0. The van der Waals surface area contributed by atoms with Crippen molar-refractivity contribution in [3.05, 3.63) is 34.3 Å². The van der Waals surface area contributed by atoms with Gasteiger partial charge < -0.3 is 5.11 Å². The summed E-state index contributed by atoms with van der Waals surface area (Å²) in [6.45, 7) is 6.69. The molecule has 0 aromatic heterocycles. The highest BCUT2D eigenvalue weighted by atomic mass is 35.5. The molecule has 0 spiro atoms. The largest absolute Gasteiger partial charge is 0.392 e. The fraction of sp³-hybridized carbons (Fsp3) is 0.647. The zero-order valence-electron chi connectivity index (χ0n) is 12.2. The Bertz CT molecular complexity index is 429. The molecular weight excluding hydrogens is 256 g/mol. The van der Waals surface area contributed by atoms with E-state index in [0.717, 1.165) is 23.4 Å². The van der Waals surface area contributed by atoms with Crippen LogP contribution in [0.15, 0.2) is 18.2 Å². The quantitative estimate of drug-likeness (QED) is 0.846. The van der Waals surface area contributed by atoms with E-state index in [9.17, 15) is 5.11 Å². The highest BCUT2D eigenvalue weighted by molar-refractivity contribution is 6.31. The van der Waals surface area contributed by atoms with Gasteiger partial charge in [-0.25, -0.2) is 0 Å². The zero-order valence-corrected chi connectivity index (χ0v) is 13.0. The lowest BCUT2D eigenvalue weighted by Crippen LogP contribution is -2.30. The summed E-state index contributed by atoms with van der Waals surface area (Å²) in [5, 5.41) is 11.2. The maximum absolute atomic E-state index is 10.4. The molecule has 1 aromatic rings. The molecule has 0 amide bonds. The van der Waals surface area contributed by atoms with E-state index in [0.29, 0.717) is 17.8 Å². The second-order valence-corrected chi connectivity index (χ2v) is 7.28. The van der Waals surface area contributed by atoms with Gasteiger partial charge in [0.1, 0.15) is 0 Å². The zero-order chi connectivity index (χ0) is 14.0. The van der Waals surface area contributed by atoms with Crippen LogP contribution in [0, 0.1) is 18.3 Å². The fourth-order valence-corrected chi connectivity index (χ4v) is 3.33. The van der Waals surface area contributed by atoms with Gasteiger partial charge in [-0.2, -0.15) is 0 Å². The predicted molar refractivity (Wildman–Crippen MR) is 81.6 cm³/mol. The minimum Gasteiger partial charge on any atom is -0.392 e. The molecule has 1 fully saturated rings. The van der Waals surface area contributed by atoms with Crippen LogP contribution in [0.5, 0.6) is 0 Å². The van der Waals surface area contributed by atoms with Crippen molar-refractivity contribution >= 4 is 11.6 Å². The Labute approximate surface area is 122 Å². The highest BCUT2D eigenvalue weighted by Gasteiger charge is 2.30. The Morgan fingerprint density at radius 1 is 1.32 bits per heavy atom. The van der Waals surface area contributed by atoms with Gasteiger partial charge in [0.25, 0.3) is 0 Å². The van der Waals surface area contributed by atoms with Crippen LogP contribution in [0.1, 0.15) is 50.7 Å². The number of aliphatic hydroxyl groups excluding tert-OH is 1. The van der Waals surface area contributed by atoms with Gasteiger partial charge in [0.15, 0.2) is 0 Å². The van der Waals surface area contributed by atoms with E-state index in [4.69, 9.17) is 11.6 Å². The lowest BCUT2D eigenvalue weighted by Gasteiger charge is -2.36. The third-order valence-electron chi connectivity index (χ3n) is 4.57. The average molecular weight is 281 g/mol. The topological polar surface area (TPSA) is 20.2 Å². The van der Waals surface area contributed by atoms with Crippen molar-refractivity contribution in [1.82, 2.24) is 0 Å². The van der Waals surface area contributed by atoms with Crippen LogP contribution in [-0.4, -0.2) is 11.2 Å². The summed E-state index contributed by atoms with van der Waals surface area (Å²) in [4.78, 5) is 0. The van der Waals surface area contributed by atoms with Crippen LogP contribution in [-0.2, 0) is 6.42 Å². The van der Waals surface area contributed by atoms with Gasteiger partial charge in [-0.1, -0.05) is 37.6 Å². The van der Waals surface area contributed by atoms with Crippen molar-refractivity contribution in [2.75, 3.05) is 0 Å². The lowest BCUT2D eigenvalue weighted by atomic mass is 9.71. The molecule has 19 heavy (non-hydrogen) atoms. The molecule has 0 aliphatic heterocycles. The predicted octanol–water partition coefficient (Wildman–Crippen LogP) is 4.77. The summed E-state index contributed by atoms with van der Waals surface area (Å²) in [5.74, 6) is 0.436. The Hall–Kier alpha value is -0.530. The summed E-state index contributed by atoms with van der Waals surface area (Å²) >= 11 is 6.25. The Kier molecular flexibility index (Phi) is 4.58. The van der Waals surface area contributed by atoms with Crippen LogP contribution >= 0.6 is 11.6 Å². The first kappa shape index (κ1) is 14.9. The van der Waals surface area contributed by atoms with Crippen LogP contribution in [0.2, 0.25) is 5.02 Å². The molecule has 1 aliphatic rings. The summed E-state index contributed by atoms with van der Waals surface area (Å²) in [6.07, 6.45) is 5.14. The molecule has 1 atom stereocenters. The van der Waals surface area contributed by atoms with E-state index in [1.807, 2.05) is 19.1 Å². The number of benzene rings is 1. The van der Waals surface area contributed by atoms with Gasteiger partial charge in [-0.05, 0) is 61.1 Å². The first-order valence-corrected chi connectivity index (χ1v) is 7.68. The van der Waals surface area contributed by atoms with Crippen molar-refractivity contribution < 1.29 is 5.11 Å². The molecule has 1 N–H and O–H groups in total. The molecule has 1 saturated carbocycles. The van der Waals surface area contributed by atoms with E-state index in [1.54, 1.807) is 0 Å². The van der Waals surface area contributed by atoms with Crippen molar-refractivity contribution in [2.24, 2.45) is 11.3 Å². The van der Waals surface area contributed by atoms with Crippen LogP contribution in [0.4, 0.5) is 0 Å². The monoisotopic (exact) mass is 280 g/mol. The number of hydrogen-bond acceptors (Lipinski definition) is 1. The molecule has 0 heterocycles. The van der Waals surface area contributed by atoms with E-state index >= 15 is 0 Å². The number of aliphatic hydroxyl groups is 1. The third kappa shape index (κ3) is 3.97. The van der Waals surface area contributed by atoms with Crippen LogP contribution in [0.3, 0.4) is 0 Å². The molecule has 1 aliphatic carbocycles. The molecule has 106 valence electrons. The van der Waals surface area contributed by atoms with Gasteiger partial charge in [0.2, 0.25) is 0 Å². The van der Waals surface area contributed by atoms with E-state index < -0.39 is 0 Å². The molecule has 1 aromatic carbocycles. The normalized spacial score (nSPS) is 21.3. The molecule has 0 bridgehead atoms. The van der Waals surface area contributed by atoms with Gasteiger partial charge in [-0.15, -0.1) is 0 Å². The Balaban J connectivity index is 1.96. The molecule has 0 radical (unpaired) electrons. The van der Waals surface area contributed by atoms with E-state index in [-0.39, 0.29) is 6.10 Å². The second kappa shape index (κ2) is 5.85. The Morgan fingerprint density at radius 2 is 1.95 bits per heavy atom. The van der Waals surface area contributed by atoms with Crippen molar-refractivity contribution in [3.8, 4) is 0 Å². The molecular formula is C17H25ClO. The molecule has 0 saturated heterocycles. The fourth-order valence-electron chi connectivity index (χ4n) is 3.02. The van der Waals surface area contributed by atoms with Gasteiger partial charge in [-0.3, -0.25) is 0 Å². The van der Waals surface area contributed by atoms with E-state index in [2.05, 4.69) is 19.9 Å². The number of hydrogen-bond donors (Lipinski definition) is 1. The minimum absolute atomic E-state index is 0.253.